The molecule has 0 fully saturated rings. The van der Waals surface area contributed by atoms with Crippen LogP contribution < -0.4 is 5.32 Å². The van der Waals surface area contributed by atoms with Gasteiger partial charge in [0.15, 0.2) is 0 Å². The Labute approximate surface area is 81.5 Å². The molecule has 0 saturated carbocycles. The van der Waals surface area contributed by atoms with Crippen LogP contribution in [0.1, 0.15) is 41.5 Å². The maximum absolute atomic E-state index is 11.7. The third kappa shape index (κ3) is 4.15. The lowest BCUT2D eigenvalue weighted by Gasteiger charge is -2.31. The van der Waals surface area contributed by atoms with Gasteiger partial charge in [-0.15, -0.1) is 0 Å². The number of rotatable bonds is 3. The third-order valence-corrected chi connectivity index (χ3v) is 1.76. The van der Waals surface area contributed by atoms with Gasteiger partial charge in [-0.25, -0.2) is 4.79 Å². The minimum atomic E-state index is 0.0278. The van der Waals surface area contributed by atoms with Crippen molar-refractivity contribution in [3.05, 3.63) is 0 Å². The average Bonchev–Trinajstić information content (AvgIpc) is 1.81. The Morgan fingerprint density at radius 3 is 1.62 bits per heavy atom. The Bertz CT molecular complexity index is 156. The maximum atomic E-state index is 11.7. The minimum Gasteiger partial charge on any atom is -0.336 e. The van der Waals surface area contributed by atoms with Gasteiger partial charge in [-0.05, 0) is 41.5 Å². The van der Waals surface area contributed by atoms with Crippen molar-refractivity contribution >= 4 is 6.03 Å². The fraction of sp³-hybridized carbons (Fsp3) is 0.900. The highest BCUT2D eigenvalue weighted by Crippen LogP contribution is 2.05. The number of urea groups is 1. The van der Waals surface area contributed by atoms with Gasteiger partial charge in [-0.2, -0.15) is 0 Å². The number of nitrogens with zero attached hydrogens (tertiary/aromatic N) is 1. The largest absolute Gasteiger partial charge is 0.336 e. The first-order valence-corrected chi connectivity index (χ1v) is 4.95. The van der Waals surface area contributed by atoms with Gasteiger partial charge >= 0.3 is 6.03 Å². The van der Waals surface area contributed by atoms with Crippen molar-refractivity contribution in [1.29, 1.82) is 0 Å². The summed E-state index contributed by atoms with van der Waals surface area (Å²) in [7, 11) is 0. The zero-order valence-electron chi connectivity index (χ0n) is 9.59. The smallest absolute Gasteiger partial charge is 0.318 e. The standard InChI is InChI=1S/C10H22N2O/c1-7(2)11-10(13)12(8(3)4)9(5)6/h7-9H,1-6H3,(H,11,13). The van der Waals surface area contributed by atoms with Gasteiger partial charge in [-0.1, -0.05) is 0 Å². The summed E-state index contributed by atoms with van der Waals surface area (Å²) in [5.41, 5.74) is 0. The molecule has 0 aliphatic heterocycles. The van der Waals surface area contributed by atoms with Gasteiger partial charge in [0, 0.05) is 18.1 Å². The summed E-state index contributed by atoms with van der Waals surface area (Å²) in [6.45, 7) is 12.0. The van der Waals surface area contributed by atoms with Gasteiger partial charge < -0.3 is 10.2 Å². The molecule has 3 heteroatoms. The molecule has 3 nitrogen and oxygen atoms in total. The lowest BCUT2D eigenvalue weighted by molar-refractivity contribution is 0.163. The summed E-state index contributed by atoms with van der Waals surface area (Å²) >= 11 is 0. The predicted molar refractivity (Wildman–Crippen MR) is 55.8 cm³/mol. The van der Waals surface area contributed by atoms with Crippen molar-refractivity contribution in [2.45, 2.75) is 59.7 Å². The van der Waals surface area contributed by atoms with Crippen molar-refractivity contribution < 1.29 is 4.79 Å². The first kappa shape index (κ1) is 12.3. The first-order valence-electron chi connectivity index (χ1n) is 4.95. The highest BCUT2D eigenvalue weighted by atomic mass is 16.2. The summed E-state index contributed by atoms with van der Waals surface area (Å²) in [4.78, 5) is 13.5. The van der Waals surface area contributed by atoms with E-state index in [1.807, 2.05) is 46.4 Å². The molecule has 0 atom stereocenters. The number of amides is 2. The lowest BCUT2D eigenvalue weighted by atomic mass is 10.2. The molecule has 2 amide bonds. The van der Waals surface area contributed by atoms with Crippen LogP contribution in [0.25, 0.3) is 0 Å². The van der Waals surface area contributed by atoms with Crippen LogP contribution >= 0.6 is 0 Å². The second-order valence-electron chi connectivity index (χ2n) is 4.20. The van der Waals surface area contributed by atoms with Gasteiger partial charge in [0.25, 0.3) is 0 Å². The topological polar surface area (TPSA) is 32.3 Å². The Morgan fingerprint density at radius 1 is 1.00 bits per heavy atom. The molecule has 0 unspecified atom stereocenters. The van der Waals surface area contributed by atoms with Crippen LogP contribution in [0.15, 0.2) is 0 Å². The van der Waals surface area contributed by atoms with Crippen molar-refractivity contribution in [3.63, 3.8) is 0 Å². The van der Waals surface area contributed by atoms with Gasteiger partial charge in [0.1, 0.15) is 0 Å². The molecule has 0 spiro atoms. The molecule has 0 bridgehead atoms. The summed E-state index contributed by atoms with van der Waals surface area (Å²) < 4.78 is 0. The summed E-state index contributed by atoms with van der Waals surface area (Å²) in [5.74, 6) is 0. The van der Waals surface area contributed by atoms with E-state index in [0.29, 0.717) is 0 Å². The van der Waals surface area contributed by atoms with Crippen LogP contribution in [0.3, 0.4) is 0 Å². The molecule has 78 valence electrons. The summed E-state index contributed by atoms with van der Waals surface area (Å²) in [6, 6.07) is 0.727. The number of carbonyl (C=O) groups excluding carboxylic acids is 1. The van der Waals surface area contributed by atoms with Crippen LogP contribution in [-0.4, -0.2) is 29.1 Å². The Hall–Kier alpha value is -0.730. The van der Waals surface area contributed by atoms with Crippen LogP contribution in [0.5, 0.6) is 0 Å². The normalized spacial score (nSPS) is 11.2. The van der Waals surface area contributed by atoms with Crippen LogP contribution in [0, 0.1) is 0 Å². The molecule has 0 saturated heterocycles. The zero-order valence-corrected chi connectivity index (χ0v) is 9.59. The summed E-state index contributed by atoms with van der Waals surface area (Å²) in [6.07, 6.45) is 0. The van der Waals surface area contributed by atoms with E-state index in [2.05, 4.69) is 5.32 Å². The lowest BCUT2D eigenvalue weighted by Crippen LogP contribution is -2.49. The quantitative estimate of drug-likeness (QED) is 0.720. The van der Waals surface area contributed by atoms with Crippen molar-refractivity contribution in [2.24, 2.45) is 0 Å². The monoisotopic (exact) mass is 186 g/mol. The second-order valence-corrected chi connectivity index (χ2v) is 4.20. The highest BCUT2D eigenvalue weighted by Gasteiger charge is 2.19. The molecule has 0 rings (SSSR count). The van der Waals surface area contributed by atoms with Crippen molar-refractivity contribution in [3.8, 4) is 0 Å². The molecule has 0 radical (unpaired) electrons. The number of hydrogen-bond donors (Lipinski definition) is 1. The van der Waals surface area contributed by atoms with Gasteiger partial charge in [0.2, 0.25) is 0 Å². The third-order valence-electron chi connectivity index (χ3n) is 1.76. The van der Waals surface area contributed by atoms with E-state index in [1.165, 1.54) is 0 Å². The molecule has 0 aromatic carbocycles. The van der Waals surface area contributed by atoms with E-state index in [0.717, 1.165) is 0 Å². The number of nitrogens with one attached hydrogen (secondary N) is 1. The van der Waals surface area contributed by atoms with E-state index in [9.17, 15) is 4.79 Å². The second kappa shape index (κ2) is 5.10. The molecular weight excluding hydrogens is 164 g/mol. The Kier molecular flexibility index (Phi) is 4.81. The van der Waals surface area contributed by atoms with E-state index < -0.39 is 0 Å². The van der Waals surface area contributed by atoms with E-state index >= 15 is 0 Å². The molecule has 0 aliphatic rings. The molecule has 0 heterocycles. The number of hydrogen-bond acceptors (Lipinski definition) is 1. The fourth-order valence-electron chi connectivity index (χ4n) is 1.39. The first-order chi connectivity index (χ1) is 5.86. The minimum absolute atomic E-state index is 0.0278. The molecule has 1 N–H and O–H groups in total. The van der Waals surface area contributed by atoms with Gasteiger partial charge in [-0.3, -0.25) is 0 Å². The highest BCUT2D eigenvalue weighted by molar-refractivity contribution is 5.75. The van der Waals surface area contributed by atoms with Crippen molar-refractivity contribution in [1.82, 2.24) is 10.2 Å². The molecule has 13 heavy (non-hydrogen) atoms. The van der Waals surface area contributed by atoms with Crippen LogP contribution in [0.4, 0.5) is 4.79 Å². The summed E-state index contributed by atoms with van der Waals surface area (Å²) in [5, 5.41) is 2.89. The molecule has 0 aromatic rings. The van der Waals surface area contributed by atoms with Gasteiger partial charge in [0.05, 0.1) is 0 Å². The van der Waals surface area contributed by atoms with Crippen LogP contribution in [0.2, 0.25) is 0 Å². The van der Waals surface area contributed by atoms with E-state index in [4.69, 9.17) is 0 Å². The molecular formula is C10H22N2O. The van der Waals surface area contributed by atoms with Crippen LogP contribution in [-0.2, 0) is 0 Å². The van der Waals surface area contributed by atoms with Crippen molar-refractivity contribution in [2.75, 3.05) is 0 Å². The molecule has 0 aliphatic carbocycles. The predicted octanol–water partition coefficient (Wildman–Crippen LogP) is 2.22. The average molecular weight is 186 g/mol. The maximum Gasteiger partial charge on any atom is 0.318 e. The Balaban J connectivity index is 4.29. The van der Waals surface area contributed by atoms with E-state index in [1.54, 1.807) is 0 Å². The number of carbonyl (C=O) groups is 1. The SMILES string of the molecule is CC(C)NC(=O)N(C(C)C)C(C)C. The molecule has 0 aromatic heterocycles. The fourth-order valence-corrected chi connectivity index (χ4v) is 1.39. The zero-order chi connectivity index (χ0) is 10.6. The Morgan fingerprint density at radius 2 is 1.38 bits per heavy atom. The van der Waals surface area contributed by atoms with E-state index in [-0.39, 0.29) is 24.2 Å².